The topological polar surface area (TPSA) is 78.4 Å². The Morgan fingerprint density at radius 1 is 1.06 bits per heavy atom. The molecule has 100 valence electrons. The zero-order chi connectivity index (χ0) is 13.7. The summed E-state index contributed by atoms with van der Waals surface area (Å²) < 4.78 is 0. The average Bonchev–Trinajstić information content (AvgIpc) is 2.21. The molecule has 0 unspecified atom stereocenters. The van der Waals surface area contributed by atoms with Crippen molar-refractivity contribution in [1.82, 2.24) is 10.6 Å². The van der Waals surface area contributed by atoms with E-state index in [1.54, 1.807) is 20.8 Å². The number of hydrogen-bond acceptors (Lipinski definition) is 3. The second kappa shape index (κ2) is 6.00. The summed E-state index contributed by atoms with van der Waals surface area (Å²) in [6.07, 6.45) is 0. The van der Waals surface area contributed by atoms with E-state index in [1.165, 1.54) is 0 Å². The lowest BCUT2D eigenvalue weighted by atomic mass is 9.95. The number of amides is 2. The first-order valence-corrected chi connectivity index (χ1v) is 5.74. The minimum absolute atomic E-state index is 0.00162. The highest BCUT2D eigenvalue weighted by Crippen LogP contribution is 2.12. The fourth-order valence-corrected chi connectivity index (χ4v) is 0.882. The molecule has 0 saturated carbocycles. The number of carbonyl (C=O) groups excluding carboxylic acids is 2. The lowest BCUT2D eigenvalue weighted by Crippen LogP contribution is -2.44. The Hall–Kier alpha value is -1.10. The maximum Gasteiger partial charge on any atom is 0.239 e. The van der Waals surface area contributed by atoms with E-state index in [9.17, 15) is 9.59 Å². The van der Waals surface area contributed by atoms with Gasteiger partial charge in [-0.15, -0.1) is 0 Å². The van der Waals surface area contributed by atoms with Gasteiger partial charge in [0.1, 0.15) is 0 Å². The summed E-state index contributed by atoms with van der Waals surface area (Å²) in [5.74, 6) is -0.404. The number of aliphatic hydroxyl groups is 1. The van der Waals surface area contributed by atoms with E-state index in [0.717, 1.165) is 0 Å². The van der Waals surface area contributed by atoms with Gasteiger partial charge >= 0.3 is 0 Å². The van der Waals surface area contributed by atoms with Gasteiger partial charge in [0.15, 0.2) is 0 Å². The van der Waals surface area contributed by atoms with Gasteiger partial charge in [0.25, 0.3) is 0 Å². The number of hydrogen-bond donors (Lipinski definition) is 3. The molecule has 17 heavy (non-hydrogen) atoms. The summed E-state index contributed by atoms with van der Waals surface area (Å²) in [6.45, 7) is 9.41. The molecular formula is C12H24N2O3. The lowest BCUT2D eigenvalue weighted by molar-refractivity contribution is -0.131. The Morgan fingerprint density at radius 3 is 2.00 bits per heavy atom. The normalized spacial score (nSPS) is 12.1. The Balaban J connectivity index is 3.94. The van der Waals surface area contributed by atoms with Crippen LogP contribution < -0.4 is 10.6 Å². The predicted octanol–water partition coefficient (Wildman–Crippen LogP) is 0.283. The molecule has 0 aromatic rings. The number of carbonyl (C=O) groups is 2. The molecule has 0 fully saturated rings. The first-order chi connectivity index (χ1) is 7.58. The zero-order valence-corrected chi connectivity index (χ0v) is 11.4. The fourth-order valence-electron chi connectivity index (χ4n) is 0.882. The largest absolute Gasteiger partial charge is 0.396 e. The smallest absolute Gasteiger partial charge is 0.239 e. The van der Waals surface area contributed by atoms with Gasteiger partial charge in [-0.25, -0.2) is 0 Å². The molecule has 0 aliphatic carbocycles. The molecule has 0 rings (SSSR count). The summed E-state index contributed by atoms with van der Waals surface area (Å²) >= 11 is 0. The molecule has 5 heteroatoms. The summed E-state index contributed by atoms with van der Waals surface area (Å²) in [5, 5.41) is 14.2. The highest BCUT2D eigenvalue weighted by atomic mass is 16.3. The Bertz CT molecular complexity index is 280. The van der Waals surface area contributed by atoms with E-state index >= 15 is 0 Å². The first-order valence-electron chi connectivity index (χ1n) is 5.74. The molecule has 0 radical (unpaired) electrons. The standard InChI is InChI=1S/C12H24N2O3/c1-11(2,3)10(17)13-6-9(16)14-7-12(4,5)8-15/h15H,6-8H2,1-5H3,(H,13,17)(H,14,16). The molecule has 0 aliphatic rings. The lowest BCUT2D eigenvalue weighted by Gasteiger charge is -2.22. The van der Waals surface area contributed by atoms with Crippen LogP contribution in [0.3, 0.4) is 0 Å². The fraction of sp³-hybridized carbons (Fsp3) is 0.833. The number of aliphatic hydroxyl groups excluding tert-OH is 1. The third-order valence-corrected chi connectivity index (χ3v) is 2.28. The molecule has 0 heterocycles. The first kappa shape index (κ1) is 15.9. The Labute approximate surface area is 103 Å². The minimum atomic E-state index is -0.495. The van der Waals surface area contributed by atoms with Gasteiger partial charge in [-0.3, -0.25) is 9.59 Å². The van der Waals surface area contributed by atoms with Crippen LogP contribution in [-0.4, -0.2) is 36.6 Å². The summed E-state index contributed by atoms with van der Waals surface area (Å²) in [5.41, 5.74) is -0.839. The van der Waals surface area contributed by atoms with Crippen LogP contribution in [0.25, 0.3) is 0 Å². The van der Waals surface area contributed by atoms with Crippen LogP contribution in [0, 0.1) is 10.8 Å². The summed E-state index contributed by atoms with van der Waals surface area (Å²) in [7, 11) is 0. The highest BCUT2D eigenvalue weighted by molar-refractivity contribution is 5.87. The third kappa shape index (κ3) is 6.94. The molecule has 0 bridgehead atoms. The SMILES string of the molecule is CC(C)(CO)CNC(=O)CNC(=O)C(C)(C)C. The Kier molecular flexibility index (Phi) is 5.61. The molecule has 0 saturated heterocycles. The van der Waals surface area contributed by atoms with Crippen LogP contribution in [0.1, 0.15) is 34.6 Å². The van der Waals surface area contributed by atoms with E-state index in [1.807, 2.05) is 13.8 Å². The molecule has 0 aromatic carbocycles. The minimum Gasteiger partial charge on any atom is -0.396 e. The van der Waals surface area contributed by atoms with Gasteiger partial charge in [0.2, 0.25) is 11.8 Å². The number of rotatable bonds is 5. The molecular weight excluding hydrogens is 220 g/mol. The van der Waals surface area contributed by atoms with Crippen molar-refractivity contribution in [3.05, 3.63) is 0 Å². The molecule has 0 atom stereocenters. The van der Waals surface area contributed by atoms with Gasteiger partial charge < -0.3 is 15.7 Å². The van der Waals surface area contributed by atoms with Crippen LogP contribution in [0.4, 0.5) is 0 Å². The second-order valence-corrected chi connectivity index (χ2v) is 6.03. The van der Waals surface area contributed by atoms with Crippen LogP contribution in [0.2, 0.25) is 0 Å². The highest BCUT2D eigenvalue weighted by Gasteiger charge is 2.22. The molecule has 3 N–H and O–H groups in total. The van der Waals surface area contributed by atoms with Crippen LogP contribution in [-0.2, 0) is 9.59 Å². The Morgan fingerprint density at radius 2 is 1.59 bits per heavy atom. The van der Waals surface area contributed by atoms with E-state index in [4.69, 9.17) is 5.11 Å². The van der Waals surface area contributed by atoms with E-state index in [-0.39, 0.29) is 30.4 Å². The molecule has 0 aromatic heterocycles. The van der Waals surface area contributed by atoms with Crippen LogP contribution in [0.5, 0.6) is 0 Å². The van der Waals surface area contributed by atoms with Crippen molar-refractivity contribution >= 4 is 11.8 Å². The average molecular weight is 244 g/mol. The molecule has 0 spiro atoms. The maximum atomic E-state index is 11.5. The zero-order valence-electron chi connectivity index (χ0n) is 11.4. The van der Waals surface area contributed by atoms with Gasteiger partial charge in [0.05, 0.1) is 6.54 Å². The summed E-state index contributed by atoms with van der Waals surface area (Å²) in [4.78, 5) is 22.9. The second-order valence-electron chi connectivity index (χ2n) is 6.03. The van der Waals surface area contributed by atoms with Crippen LogP contribution in [0.15, 0.2) is 0 Å². The number of nitrogens with one attached hydrogen (secondary N) is 2. The van der Waals surface area contributed by atoms with Crippen molar-refractivity contribution in [2.24, 2.45) is 10.8 Å². The van der Waals surface area contributed by atoms with E-state index in [0.29, 0.717) is 6.54 Å². The summed E-state index contributed by atoms with van der Waals surface area (Å²) in [6, 6.07) is 0. The van der Waals surface area contributed by atoms with Crippen molar-refractivity contribution in [1.29, 1.82) is 0 Å². The predicted molar refractivity (Wildman–Crippen MR) is 66.3 cm³/mol. The van der Waals surface area contributed by atoms with Gasteiger partial charge in [-0.2, -0.15) is 0 Å². The van der Waals surface area contributed by atoms with Crippen molar-refractivity contribution in [2.45, 2.75) is 34.6 Å². The maximum absolute atomic E-state index is 11.5. The van der Waals surface area contributed by atoms with Crippen molar-refractivity contribution < 1.29 is 14.7 Å². The van der Waals surface area contributed by atoms with E-state index < -0.39 is 5.41 Å². The monoisotopic (exact) mass is 244 g/mol. The quantitative estimate of drug-likeness (QED) is 0.650. The molecule has 5 nitrogen and oxygen atoms in total. The van der Waals surface area contributed by atoms with Gasteiger partial charge in [0, 0.05) is 24.0 Å². The van der Waals surface area contributed by atoms with Crippen LogP contribution >= 0.6 is 0 Å². The molecule has 0 aliphatic heterocycles. The van der Waals surface area contributed by atoms with Crippen molar-refractivity contribution in [2.75, 3.05) is 19.7 Å². The van der Waals surface area contributed by atoms with Gasteiger partial charge in [-0.05, 0) is 0 Å². The van der Waals surface area contributed by atoms with E-state index in [2.05, 4.69) is 10.6 Å². The van der Waals surface area contributed by atoms with Gasteiger partial charge in [-0.1, -0.05) is 34.6 Å². The van der Waals surface area contributed by atoms with Crippen molar-refractivity contribution in [3.63, 3.8) is 0 Å². The van der Waals surface area contributed by atoms with Crippen molar-refractivity contribution in [3.8, 4) is 0 Å². The molecule has 2 amide bonds. The third-order valence-electron chi connectivity index (χ3n) is 2.28.